The van der Waals surface area contributed by atoms with Gasteiger partial charge < -0.3 is 10.2 Å². The van der Waals surface area contributed by atoms with Crippen molar-refractivity contribution in [3.8, 4) is 0 Å². The number of benzene rings is 1. The largest absolute Gasteiger partial charge is 0.356 e. The van der Waals surface area contributed by atoms with Gasteiger partial charge in [-0.05, 0) is 24.6 Å². The van der Waals surface area contributed by atoms with E-state index in [4.69, 9.17) is 0 Å². The number of carbonyl (C=O) groups is 2. The summed E-state index contributed by atoms with van der Waals surface area (Å²) in [5.41, 5.74) is 0.510. The second-order valence-electron chi connectivity index (χ2n) is 4.68. The molecule has 0 aliphatic carbocycles. The average molecular weight is 264 g/mol. The lowest BCUT2D eigenvalue weighted by Crippen LogP contribution is -2.33. The molecule has 1 heterocycles. The van der Waals surface area contributed by atoms with Crippen LogP contribution < -0.4 is 10.2 Å². The summed E-state index contributed by atoms with van der Waals surface area (Å²) in [6.07, 6.45) is 1.05. The zero-order chi connectivity index (χ0) is 13.8. The molecule has 1 aliphatic heterocycles. The third-order valence-corrected chi connectivity index (χ3v) is 3.16. The minimum Gasteiger partial charge on any atom is -0.356 e. The van der Waals surface area contributed by atoms with Crippen molar-refractivity contribution in [3.05, 3.63) is 30.1 Å². The fourth-order valence-corrected chi connectivity index (χ4v) is 2.17. The Morgan fingerprint density at radius 1 is 1.53 bits per heavy atom. The molecule has 1 N–H and O–H groups in total. The first kappa shape index (κ1) is 13.5. The minimum atomic E-state index is -0.385. The van der Waals surface area contributed by atoms with Gasteiger partial charge >= 0.3 is 0 Å². The monoisotopic (exact) mass is 264 g/mol. The van der Waals surface area contributed by atoms with Gasteiger partial charge in [-0.1, -0.05) is 13.0 Å². The van der Waals surface area contributed by atoms with Crippen molar-refractivity contribution in [1.82, 2.24) is 5.32 Å². The summed E-state index contributed by atoms with van der Waals surface area (Å²) in [6.45, 7) is 2.90. The van der Waals surface area contributed by atoms with Crippen LogP contribution >= 0.6 is 0 Å². The molecule has 0 radical (unpaired) electrons. The Labute approximate surface area is 111 Å². The van der Waals surface area contributed by atoms with E-state index in [0.29, 0.717) is 18.8 Å². The molecule has 1 unspecified atom stereocenters. The van der Waals surface area contributed by atoms with Crippen molar-refractivity contribution in [2.75, 3.05) is 18.0 Å². The molecule has 1 aromatic carbocycles. The van der Waals surface area contributed by atoms with Crippen LogP contribution in [0.1, 0.15) is 19.8 Å². The van der Waals surface area contributed by atoms with Crippen LogP contribution in [0.25, 0.3) is 0 Å². The van der Waals surface area contributed by atoms with Crippen LogP contribution in [0.4, 0.5) is 10.1 Å². The van der Waals surface area contributed by atoms with Gasteiger partial charge in [0.15, 0.2) is 0 Å². The van der Waals surface area contributed by atoms with Crippen molar-refractivity contribution in [2.24, 2.45) is 5.92 Å². The van der Waals surface area contributed by atoms with Gasteiger partial charge in [-0.25, -0.2) is 4.39 Å². The number of nitrogens with zero attached hydrogens (tertiary/aromatic N) is 1. The van der Waals surface area contributed by atoms with E-state index in [-0.39, 0.29) is 30.0 Å². The summed E-state index contributed by atoms with van der Waals surface area (Å²) in [5, 5.41) is 2.79. The van der Waals surface area contributed by atoms with Crippen molar-refractivity contribution < 1.29 is 14.0 Å². The number of hydrogen-bond donors (Lipinski definition) is 1. The standard InChI is InChI=1S/C14H17FN2O2/c1-2-6-16-14(19)10-7-13(18)17(9-10)12-5-3-4-11(15)8-12/h3-5,8,10H,2,6-7,9H2,1H3,(H,16,19). The topological polar surface area (TPSA) is 49.4 Å². The summed E-state index contributed by atoms with van der Waals surface area (Å²) in [7, 11) is 0. The van der Waals surface area contributed by atoms with Crippen molar-refractivity contribution >= 4 is 17.5 Å². The second kappa shape index (κ2) is 5.82. The van der Waals surface area contributed by atoms with Crippen molar-refractivity contribution in [2.45, 2.75) is 19.8 Å². The molecule has 5 heteroatoms. The van der Waals surface area contributed by atoms with Gasteiger partial charge in [0.05, 0.1) is 5.92 Å². The van der Waals surface area contributed by atoms with Gasteiger partial charge in [0.1, 0.15) is 5.82 Å². The normalized spacial score (nSPS) is 18.7. The zero-order valence-electron chi connectivity index (χ0n) is 10.9. The van der Waals surface area contributed by atoms with Crippen LogP contribution in [0.2, 0.25) is 0 Å². The van der Waals surface area contributed by atoms with E-state index in [1.807, 2.05) is 6.92 Å². The number of nitrogens with one attached hydrogen (secondary N) is 1. The molecule has 102 valence electrons. The highest BCUT2D eigenvalue weighted by Crippen LogP contribution is 2.25. The Bertz CT molecular complexity index is 490. The fourth-order valence-electron chi connectivity index (χ4n) is 2.17. The Morgan fingerprint density at radius 2 is 2.32 bits per heavy atom. The van der Waals surface area contributed by atoms with Crippen LogP contribution in [0.3, 0.4) is 0 Å². The molecule has 19 heavy (non-hydrogen) atoms. The molecule has 1 atom stereocenters. The summed E-state index contributed by atoms with van der Waals surface area (Å²) in [6, 6.07) is 5.87. The Morgan fingerprint density at radius 3 is 3.00 bits per heavy atom. The maximum atomic E-state index is 13.2. The van der Waals surface area contributed by atoms with Crippen LogP contribution in [0.5, 0.6) is 0 Å². The third-order valence-electron chi connectivity index (χ3n) is 3.16. The number of rotatable bonds is 4. The van der Waals surface area contributed by atoms with Gasteiger partial charge in [-0.15, -0.1) is 0 Å². The summed E-state index contributed by atoms with van der Waals surface area (Å²) < 4.78 is 13.2. The second-order valence-corrected chi connectivity index (χ2v) is 4.68. The summed E-state index contributed by atoms with van der Waals surface area (Å²) in [5.74, 6) is -0.970. The predicted octanol–water partition coefficient (Wildman–Crippen LogP) is 1.70. The van der Waals surface area contributed by atoms with E-state index in [1.54, 1.807) is 12.1 Å². The molecule has 0 saturated carbocycles. The lowest BCUT2D eigenvalue weighted by atomic mass is 10.1. The Kier molecular flexibility index (Phi) is 4.14. The smallest absolute Gasteiger partial charge is 0.227 e. The molecule has 2 amide bonds. The zero-order valence-corrected chi connectivity index (χ0v) is 10.9. The molecule has 1 aromatic rings. The van der Waals surface area contributed by atoms with Crippen LogP contribution in [0, 0.1) is 11.7 Å². The van der Waals surface area contributed by atoms with E-state index >= 15 is 0 Å². The average Bonchev–Trinajstić information content (AvgIpc) is 2.78. The quantitative estimate of drug-likeness (QED) is 0.900. The van der Waals surface area contributed by atoms with Crippen LogP contribution in [0.15, 0.2) is 24.3 Å². The van der Waals surface area contributed by atoms with Gasteiger partial charge in [-0.3, -0.25) is 9.59 Å². The minimum absolute atomic E-state index is 0.103. The molecular weight excluding hydrogens is 247 g/mol. The summed E-state index contributed by atoms with van der Waals surface area (Å²) >= 11 is 0. The fraction of sp³-hybridized carbons (Fsp3) is 0.429. The highest BCUT2D eigenvalue weighted by atomic mass is 19.1. The number of carbonyl (C=O) groups excluding carboxylic acids is 2. The molecule has 1 fully saturated rings. The van der Waals surface area contributed by atoms with E-state index < -0.39 is 0 Å². The number of amides is 2. The molecule has 1 saturated heterocycles. The third kappa shape index (κ3) is 3.10. The van der Waals surface area contributed by atoms with E-state index in [0.717, 1.165) is 6.42 Å². The van der Waals surface area contributed by atoms with Crippen molar-refractivity contribution in [3.63, 3.8) is 0 Å². The number of halogens is 1. The SMILES string of the molecule is CCCNC(=O)C1CC(=O)N(c2cccc(F)c2)C1. The maximum absolute atomic E-state index is 13.2. The molecule has 0 bridgehead atoms. The van der Waals surface area contributed by atoms with E-state index in [1.165, 1.54) is 17.0 Å². The molecule has 4 nitrogen and oxygen atoms in total. The number of hydrogen-bond acceptors (Lipinski definition) is 2. The van der Waals surface area contributed by atoms with Gasteiger partial charge in [0.25, 0.3) is 0 Å². The molecule has 0 aromatic heterocycles. The Balaban J connectivity index is 2.05. The first-order valence-corrected chi connectivity index (χ1v) is 6.45. The molecular formula is C14H17FN2O2. The summed E-state index contributed by atoms with van der Waals surface area (Å²) in [4.78, 5) is 25.2. The van der Waals surface area contributed by atoms with Gasteiger partial charge in [0, 0.05) is 25.2 Å². The lowest BCUT2D eigenvalue weighted by Gasteiger charge is -2.16. The van der Waals surface area contributed by atoms with Crippen LogP contribution in [-0.4, -0.2) is 24.9 Å². The van der Waals surface area contributed by atoms with Gasteiger partial charge in [0.2, 0.25) is 11.8 Å². The highest BCUT2D eigenvalue weighted by Gasteiger charge is 2.34. The first-order chi connectivity index (χ1) is 9.11. The maximum Gasteiger partial charge on any atom is 0.227 e. The number of anilines is 1. The van der Waals surface area contributed by atoms with Crippen molar-refractivity contribution in [1.29, 1.82) is 0 Å². The Hall–Kier alpha value is -1.91. The van der Waals surface area contributed by atoms with E-state index in [2.05, 4.69) is 5.32 Å². The molecule has 0 spiro atoms. The van der Waals surface area contributed by atoms with Gasteiger partial charge in [-0.2, -0.15) is 0 Å². The molecule has 1 aliphatic rings. The molecule has 2 rings (SSSR count). The lowest BCUT2D eigenvalue weighted by molar-refractivity contribution is -0.126. The first-order valence-electron chi connectivity index (χ1n) is 6.45. The van der Waals surface area contributed by atoms with Crippen LogP contribution in [-0.2, 0) is 9.59 Å². The highest BCUT2D eigenvalue weighted by molar-refractivity contribution is 6.00. The predicted molar refractivity (Wildman–Crippen MR) is 70.2 cm³/mol. The van der Waals surface area contributed by atoms with E-state index in [9.17, 15) is 14.0 Å².